The van der Waals surface area contributed by atoms with Gasteiger partial charge in [-0.3, -0.25) is 0 Å². The molecule has 106 valence electrons. The van der Waals surface area contributed by atoms with Crippen LogP contribution in [0, 0.1) is 5.92 Å². The van der Waals surface area contributed by atoms with E-state index in [4.69, 9.17) is 14.5 Å². The fourth-order valence-electron chi connectivity index (χ4n) is 1.84. The van der Waals surface area contributed by atoms with Gasteiger partial charge in [-0.2, -0.15) is 9.78 Å². The number of esters is 1. The summed E-state index contributed by atoms with van der Waals surface area (Å²) in [5.74, 6) is -0.727. The maximum absolute atomic E-state index is 11.7. The van der Waals surface area contributed by atoms with Gasteiger partial charge in [0, 0.05) is 6.42 Å². The van der Waals surface area contributed by atoms with Gasteiger partial charge in [0.1, 0.15) is 0 Å². The first-order valence-electron chi connectivity index (χ1n) is 7.15. The van der Waals surface area contributed by atoms with Crippen molar-refractivity contribution < 1.29 is 19.3 Å². The summed E-state index contributed by atoms with van der Waals surface area (Å²) in [6, 6.07) is 0. The topological polar surface area (TPSA) is 51.4 Å². The first-order chi connectivity index (χ1) is 8.60. The molecule has 0 aromatic heterocycles. The van der Waals surface area contributed by atoms with Gasteiger partial charge in [0.05, 0.1) is 6.61 Å². The fraction of sp³-hybridized carbons (Fsp3) is 0.929. The number of ether oxygens (including phenoxy) is 1. The van der Waals surface area contributed by atoms with Gasteiger partial charge in [-0.15, -0.1) is 0 Å². The van der Waals surface area contributed by atoms with Crippen molar-refractivity contribution in [1.29, 1.82) is 0 Å². The van der Waals surface area contributed by atoms with Crippen LogP contribution in [0.15, 0.2) is 0 Å². The average molecular weight is 258 g/mol. The molecular weight excluding hydrogens is 232 g/mol. The van der Waals surface area contributed by atoms with E-state index in [2.05, 4.69) is 20.8 Å². The minimum atomic E-state index is -1.07. The van der Waals surface area contributed by atoms with Crippen LogP contribution in [-0.4, -0.2) is 18.4 Å². The molecular formula is C14H26O4. The molecule has 0 amide bonds. The number of carbonyl (C=O) groups excluding carboxylic acids is 1. The van der Waals surface area contributed by atoms with Crippen molar-refractivity contribution in [3.05, 3.63) is 0 Å². The van der Waals surface area contributed by atoms with E-state index in [-0.39, 0.29) is 5.97 Å². The van der Waals surface area contributed by atoms with E-state index in [0.717, 1.165) is 32.1 Å². The van der Waals surface area contributed by atoms with Crippen molar-refractivity contribution in [3.63, 3.8) is 0 Å². The van der Waals surface area contributed by atoms with Crippen molar-refractivity contribution in [2.24, 2.45) is 5.92 Å². The molecule has 1 saturated heterocycles. The molecule has 0 unspecified atom stereocenters. The summed E-state index contributed by atoms with van der Waals surface area (Å²) in [4.78, 5) is 21.4. The molecule has 1 aliphatic heterocycles. The standard InChI is InChI=1S/C14H26O4/c1-4-5-8-11-16-13(15)14(17-18-14)10-7-6-9-12(2)3/h12H,4-11H2,1-3H3. The molecule has 1 fully saturated rings. The molecule has 0 saturated carbocycles. The van der Waals surface area contributed by atoms with Crippen molar-refractivity contribution in [2.75, 3.05) is 6.61 Å². The van der Waals surface area contributed by atoms with Crippen LogP contribution in [0.2, 0.25) is 0 Å². The molecule has 0 spiro atoms. The molecule has 4 nitrogen and oxygen atoms in total. The minimum Gasteiger partial charge on any atom is -0.462 e. The van der Waals surface area contributed by atoms with Crippen molar-refractivity contribution in [2.45, 2.75) is 71.5 Å². The zero-order chi connectivity index (χ0) is 13.4. The summed E-state index contributed by atoms with van der Waals surface area (Å²) in [5.41, 5.74) is 0. The Hall–Kier alpha value is -0.610. The predicted octanol–water partition coefficient (Wildman–Crippen LogP) is 3.59. The maximum atomic E-state index is 11.7. The number of unbranched alkanes of at least 4 members (excludes halogenated alkanes) is 3. The Balaban J connectivity index is 2.12. The lowest BCUT2D eigenvalue weighted by molar-refractivity contribution is -0.151. The third-order valence-corrected chi connectivity index (χ3v) is 3.11. The number of carbonyl (C=O) groups is 1. The summed E-state index contributed by atoms with van der Waals surface area (Å²) in [6.45, 7) is 6.97. The Bertz CT molecular complexity index is 246. The molecule has 0 aromatic carbocycles. The van der Waals surface area contributed by atoms with E-state index in [9.17, 15) is 4.79 Å². The van der Waals surface area contributed by atoms with E-state index in [1.165, 1.54) is 6.42 Å². The molecule has 0 atom stereocenters. The SMILES string of the molecule is CCCCCOC(=O)C1(CCCCC(C)C)OO1. The van der Waals surface area contributed by atoms with E-state index in [1.807, 2.05) is 0 Å². The Morgan fingerprint density at radius 2 is 1.89 bits per heavy atom. The van der Waals surface area contributed by atoms with Crippen LogP contribution in [0.4, 0.5) is 0 Å². The van der Waals surface area contributed by atoms with Crippen molar-refractivity contribution >= 4 is 5.97 Å². The normalized spacial score (nSPS) is 16.9. The second-order valence-electron chi connectivity index (χ2n) is 5.40. The third-order valence-electron chi connectivity index (χ3n) is 3.11. The Kier molecular flexibility index (Phi) is 6.65. The molecule has 4 heteroatoms. The van der Waals surface area contributed by atoms with Gasteiger partial charge in [-0.05, 0) is 18.8 Å². The summed E-state index contributed by atoms with van der Waals surface area (Å²) in [6.07, 6.45) is 6.90. The zero-order valence-corrected chi connectivity index (χ0v) is 11.9. The summed E-state index contributed by atoms with van der Waals surface area (Å²) >= 11 is 0. The van der Waals surface area contributed by atoms with Gasteiger partial charge < -0.3 is 4.74 Å². The van der Waals surface area contributed by atoms with E-state index >= 15 is 0 Å². The zero-order valence-electron chi connectivity index (χ0n) is 11.9. The van der Waals surface area contributed by atoms with Crippen molar-refractivity contribution in [1.82, 2.24) is 0 Å². The maximum Gasteiger partial charge on any atom is 0.372 e. The highest BCUT2D eigenvalue weighted by molar-refractivity contribution is 5.79. The predicted molar refractivity (Wildman–Crippen MR) is 68.7 cm³/mol. The van der Waals surface area contributed by atoms with Crippen LogP contribution >= 0.6 is 0 Å². The quantitative estimate of drug-likeness (QED) is 0.260. The number of rotatable bonds is 10. The molecule has 0 aromatic rings. The fourth-order valence-corrected chi connectivity index (χ4v) is 1.84. The Labute approximate surface area is 110 Å². The molecule has 0 N–H and O–H groups in total. The van der Waals surface area contributed by atoms with Gasteiger partial charge in [0.2, 0.25) is 0 Å². The minimum absolute atomic E-state index is 0.358. The first-order valence-corrected chi connectivity index (χ1v) is 7.15. The smallest absolute Gasteiger partial charge is 0.372 e. The largest absolute Gasteiger partial charge is 0.462 e. The van der Waals surface area contributed by atoms with Crippen LogP contribution in [-0.2, 0) is 19.3 Å². The van der Waals surface area contributed by atoms with Crippen molar-refractivity contribution in [3.8, 4) is 0 Å². The van der Waals surface area contributed by atoms with Gasteiger partial charge in [-0.1, -0.05) is 46.5 Å². The van der Waals surface area contributed by atoms with Gasteiger partial charge in [-0.25, -0.2) is 4.79 Å². The monoisotopic (exact) mass is 258 g/mol. The van der Waals surface area contributed by atoms with E-state index < -0.39 is 5.79 Å². The van der Waals surface area contributed by atoms with Crippen LogP contribution < -0.4 is 0 Å². The summed E-state index contributed by atoms with van der Waals surface area (Å²) in [7, 11) is 0. The lowest BCUT2D eigenvalue weighted by atomic mass is 10.0. The highest BCUT2D eigenvalue weighted by Crippen LogP contribution is 2.36. The Morgan fingerprint density at radius 3 is 2.44 bits per heavy atom. The molecule has 1 heterocycles. The van der Waals surface area contributed by atoms with Crippen LogP contribution in [0.25, 0.3) is 0 Å². The molecule has 0 bridgehead atoms. The molecule has 1 aliphatic rings. The Morgan fingerprint density at radius 1 is 1.17 bits per heavy atom. The number of hydrogen-bond donors (Lipinski definition) is 0. The number of hydrogen-bond acceptors (Lipinski definition) is 4. The van der Waals surface area contributed by atoms with Gasteiger partial charge in [0.25, 0.3) is 0 Å². The molecule has 1 rings (SSSR count). The van der Waals surface area contributed by atoms with E-state index in [1.54, 1.807) is 0 Å². The lowest BCUT2D eigenvalue weighted by Crippen LogP contribution is -2.27. The van der Waals surface area contributed by atoms with Gasteiger partial charge >= 0.3 is 11.8 Å². The average Bonchev–Trinajstić information content (AvgIpc) is 3.11. The van der Waals surface area contributed by atoms with Crippen LogP contribution in [0.3, 0.4) is 0 Å². The van der Waals surface area contributed by atoms with Crippen LogP contribution in [0.5, 0.6) is 0 Å². The molecule has 0 radical (unpaired) electrons. The third kappa shape index (κ3) is 5.36. The summed E-state index contributed by atoms with van der Waals surface area (Å²) in [5, 5.41) is 0. The van der Waals surface area contributed by atoms with Gasteiger partial charge in [0.15, 0.2) is 0 Å². The highest BCUT2D eigenvalue weighted by Gasteiger charge is 2.57. The lowest BCUT2D eigenvalue weighted by Gasteiger charge is -2.08. The van der Waals surface area contributed by atoms with Crippen LogP contribution in [0.1, 0.15) is 65.7 Å². The summed E-state index contributed by atoms with van der Waals surface area (Å²) < 4.78 is 5.16. The second-order valence-corrected chi connectivity index (χ2v) is 5.40. The van der Waals surface area contributed by atoms with E-state index in [0.29, 0.717) is 18.9 Å². The first kappa shape index (κ1) is 15.4. The molecule has 18 heavy (non-hydrogen) atoms. The highest BCUT2D eigenvalue weighted by atomic mass is 17.4. The molecule has 0 aliphatic carbocycles. The second kappa shape index (κ2) is 7.74.